The van der Waals surface area contributed by atoms with Crippen LogP contribution >= 0.6 is 11.8 Å². The van der Waals surface area contributed by atoms with Crippen molar-refractivity contribution in [1.29, 1.82) is 0 Å². The minimum atomic E-state index is -0.300. The average Bonchev–Trinajstić information content (AvgIpc) is 3.18. The van der Waals surface area contributed by atoms with Crippen LogP contribution in [0.25, 0.3) is 5.69 Å². The maximum absolute atomic E-state index is 12.2. The van der Waals surface area contributed by atoms with E-state index in [1.165, 1.54) is 9.36 Å². The summed E-state index contributed by atoms with van der Waals surface area (Å²) in [6.45, 7) is 2.37. The molecule has 8 nitrogen and oxygen atoms in total. The Balaban J connectivity index is 2.02. The minimum absolute atomic E-state index is 0.295. The number of nitrogens with zero attached hydrogens (tertiary/aromatic N) is 5. The number of rotatable bonds is 6. The zero-order valence-corrected chi connectivity index (χ0v) is 13.6. The standard InChI is InChI=1S/C14H16N6O2S/c1-3-23-12-6-4-5-11(20-14(21)19(2)17-18-20)10(12)9-22-13-7-8-15-16-13/h4-8H,3,9H2,1-2H3,(H,15,16). The van der Waals surface area contributed by atoms with Crippen LogP contribution in [-0.4, -0.2) is 35.7 Å². The molecular weight excluding hydrogens is 316 g/mol. The Morgan fingerprint density at radius 3 is 2.83 bits per heavy atom. The maximum Gasteiger partial charge on any atom is 0.368 e. The van der Waals surface area contributed by atoms with Gasteiger partial charge in [-0.2, -0.15) is 14.5 Å². The Bertz CT molecular complexity index is 839. The molecule has 9 heteroatoms. The smallest absolute Gasteiger partial charge is 0.368 e. The van der Waals surface area contributed by atoms with E-state index < -0.39 is 0 Å². The summed E-state index contributed by atoms with van der Waals surface area (Å²) in [5, 5.41) is 14.3. The Morgan fingerprint density at radius 1 is 1.30 bits per heavy atom. The van der Waals surface area contributed by atoms with Crippen LogP contribution in [0.2, 0.25) is 0 Å². The lowest BCUT2D eigenvalue weighted by Gasteiger charge is -2.13. The lowest BCUT2D eigenvalue weighted by molar-refractivity contribution is 0.290. The second-order valence-electron chi connectivity index (χ2n) is 4.69. The van der Waals surface area contributed by atoms with Gasteiger partial charge in [0, 0.05) is 23.6 Å². The molecule has 0 saturated heterocycles. The number of aromatic amines is 1. The fraction of sp³-hybridized carbons (Fsp3) is 0.286. The van der Waals surface area contributed by atoms with Crippen LogP contribution < -0.4 is 10.4 Å². The molecule has 3 rings (SSSR count). The number of hydrogen-bond donors (Lipinski definition) is 1. The fourth-order valence-corrected chi connectivity index (χ4v) is 2.95. The van der Waals surface area contributed by atoms with Gasteiger partial charge in [0.1, 0.15) is 6.61 Å². The van der Waals surface area contributed by atoms with E-state index in [1.54, 1.807) is 31.1 Å². The highest BCUT2D eigenvalue weighted by molar-refractivity contribution is 7.99. The topological polar surface area (TPSA) is 90.6 Å². The van der Waals surface area contributed by atoms with E-state index in [-0.39, 0.29) is 5.69 Å². The summed E-state index contributed by atoms with van der Waals surface area (Å²) >= 11 is 1.68. The third-order valence-corrected chi connectivity index (χ3v) is 4.19. The fourth-order valence-electron chi connectivity index (χ4n) is 2.13. The molecule has 3 aromatic rings. The van der Waals surface area contributed by atoms with E-state index in [2.05, 4.69) is 27.5 Å². The molecule has 2 heterocycles. The number of thioether (sulfide) groups is 1. The van der Waals surface area contributed by atoms with Crippen LogP contribution in [-0.2, 0) is 13.7 Å². The van der Waals surface area contributed by atoms with Crippen LogP contribution in [0.3, 0.4) is 0 Å². The first-order valence-electron chi connectivity index (χ1n) is 7.07. The highest BCUT2D eigenvalue weighted by atomic mass is 32.2. The summed E-state index contributed by atoms with van der Waals surface area (Å²) in [7, 11) is 1.57. The van der Waals surface area contributed by atoms with Crippen molar-refractivity contribution < 1.29 is 4.74 Å². The number of ether oxygens (including phenoxy) is 1. The van der Waals surface area contributed by atoms with Gasteiger partial charge in [0.15, 0.2) is 0 Å². The van der Waals surface area contributed by atoms with Crippen molar-refractivity contribution in [3.8, 4) is 11.6 Å². The van der Waals surface area contributed by atoms with Crippen LogP contribution in [0.4, 0.5) is 0 Å². The summed E-state index contributed by atoms with van der Waals surface area (Å²) in [4.78, 5) is 13.2. The number of hydrogen-bond acceptors (Lipinski definition) is 6. The average molecular weight is 332 g/mol. The summed E-state index contributed by atoms with van der Waals surface area (Å²) in [6, 6.07) is 7.48. The minimum Gasteiger partial charge on any atom is -0.473 e. The summed E-state index contributed by atoms with van der Waals surface area (Å²) < 4.78 is 8.20. The number of tetrazole rings is 1. The first-order chi connectivity index (χ1) is 11.2. The van der Waals surface area contributed by atoms with Gasteiger partial charge in [0.2, 0.25) is 5.88 Å². The summed E-state index contributed by atoms with van der Waals surface area (Å²) in [5.41, 5.74) is 1.25. The Hall–Kier alpha value is -2.55. The van der Waals surface area contributed by atoms with Crippen molar-refractivity contribution in [2.45, 2.75) is 18.4 Å². The van der Waals surface area contributed by atoms with Crippen LogP contribution in [0.1, 0.15) is 12.5 Å². The zero-order valence-electron chi connectivity index (χ0n) is 12.8. The Kier molecular flexibility index (Phi) is 4.47. The summed E-state index contributed by atoms with van der Waals surface area (Å²) in [6.07, 6.45) is 1.62. The monoisotopic (exact) mass is 332 g/mol. The number of benzene rings is 1. The van der Waals surface area contributed by atoms with Crippen molar-refractivity contribution in [3.05, 3.63) is 46.5 Å². The van der Waals surface area contributed by atoms with E-state index in [1.807, 2.05) is 18.2 Å². The van der Waals surface area contributed by atoms with Gasteiger partial charge in [-0.1, -0.05) is 13.0 Å². The third-order valence-electron chi connectivity index (χ3n) is 3.21. The molecule has 0 atom stereocenters. The van der Waals surface area contributed by atoms with Crippen LogP contribution in [0, 0.1) is 0 Å². The molecule has 0 amide bonds. The van der Waals surface area contributed by atoms with Crippen molar-refractivity contribution in [3.63, 3.8) is 0 Å². The quantitative estimate of drug-likeness (QED) is 0.686. The largest absolute Gasteiger partial charge is 0.473 e. The van der Waals surface area contributed by atoms with Crippen molar-refractivity contribution >= 4 is 11.8 Å². The lowest BCUT2D eigenvalue weighted by atomic mass is 10.2. The van der Waals surface area contributed by atoms with E-state index >= 15 is 0 Å². The van der Waals surface area contributed by atoms with E-state index in [0.717, 1.165) is 16.2 Å². The van der Waals surface area contributed by atoms with Gasteiger partial charge in [-0.25, -0.2) is 9.89 Å². The molecule has 0 fully saturated rings. The van der Waals surface area contributed by atoms with Gasteiger partial charge in [-0.3, -0.25) is 0 Å². The predicted octanol–water partition coefficient (Wildman–Crippen LogP) is 1.38. The molecule has 1 N–H and O–H groups in total. The summed E-state index contributed by atoms with van der Waals surface area (Å²) in [5.74, 6) is 1.48. The second-order valence-corrected chi connectivity index (χ2v) is 6.00. The maximum atomic E-state index is 12.2. The number of aryl methyl sites for hydroxylation is 1. The van der Waals surface area contributed by atoms with Crippen LogP contribution in [0.15, 0.2) is 40.2 Å². The molecule has 120 valence electrons. The van der Waals surface area contributed by atoms with E-state index in [4.69, 9.17) is 4.74 Å². The normalized spacial score (nSPS) is 10.9. The molecule has 2 aromatic heterocycles. The van der Waals surface area contributed by atoms with Gasteiger partial charge in [0.05, 0.1) is 11.9 Å². The molecular formula is C14H16N6O2S. The van der Waals surface area contributed by atoms with Gasteiger partial charge < -0.3 is 4.74 Å². The van der Waals surface area contributed by atoms with E-state index in [0.29, 0.717) is 18.2 Å². The molecule has 23 heavy (non-hydrogen) atoms. The van der Waals surface area contributed by atoms with Gasteiger partial charge in [0.25, 0.3) is 0 Å². The SMILES string of the molecule is CCSc1cccc(-n2nnn(C)c2=O)c1COc1ccn[nH]1. The number of aromatic nitrogens is 6. The first kappa shape index (κ1) is 15.3. The van der Waals surface area contributed by atoms with Crippen molar-refractivity contribution in [2.24, 2.45) is 7.05 Å². The highest BCUT2D eigenvalue weighted by Gasteiger charge is 2.15. The Morgan fingerprint density at radius 2 is 2.17 bits per heavy atom. The first-order valence-corrected chi connectivity index (χ1v) is 8.05. The van der Waals surface area contributed by atoms with Gasteiger partial charge in [-0.05, 0) is 28.3 Å². The molecule has 0 aliphatic heterocycles. The number of H-pyrrole nitrogens is 1. The molecule has 0 spiro atoms. The number of nitrogens with one attached hydrogen (secondary N) is 1. The van der Waals surface area contributed by atoms with Crippen molar-refractivity contribution in [2.75, 3.05) is 5.75 Å². The van der Waals surface area contributed by atoms with E-state index in [9.17, 15) is 4.79 Å². The predicted molar refractivity (Wildman–Crippen MR) is 85.9 cm³/mol. The van der Waals surface area contributed by atoms with Gasteiger partial charge in [-0.15, -0.1) is 11.8 Å². The second kappa shape index (κ2) is 6.69. The van der Waals surface area contributed by atoms with Crippen LogP contribution in [0.5, 0.6) is 5.88 Å². The lowest BCUT2D eigenvalue weighted by Crippen LogP contribution is -2.23. The Labute approximate surface area is 136 Å². The molecule has 0 radical (unpaired) electrons. The third kappa shape index (κ3) is 3.14. The molecule has 0 saturated carbocycles. The molecule has 1 aromatic carbocycles. The molecule has 0 aliphatic rings. The van der Waals surface area contributed by atoms with Crippen molar-refractivity contribution in [1.82, 2.24) is 30.0 Å². The van der Waals surface area contributed by atoms with Gasteiger partial charge >= 0.3 is 5.69 Å². The molecule has 0 unspecified atom stereocenters. The molecule has 0 bridgehead atoms. The zero-order chi connectivity index (χ0) is 16.2. The molecule has 0 aliphatic carbocycles. The highest BCUT2D eigenvalue weighted by Crippen LogP contribution is 2.28.